The van der Waals surface area contributed by atoms with Crippen molar-refractivity contribution in [2.24, 2.45) is 0 Å². The molecule has 4 nitrogen and oxygen atoms in total. The first-order valence-corrected chi connectivity index (χ1v) is 11.1. The molecule has 0 atom stereocenters. The van der Waals surface area contributed by atoms with Gasteiger partial charge in [-0.05, 0) is 118 Å². The minimum atomic E-state index is -0.0178. The van der Waals surface area contributed by atoms with E-state index in [2.05, 4.69) is 62.6 Å². The molecule has 168 valence electrons. The molecule has 0 aliphatic rings. The fourth-order valence-electron chi connectivity index (χ4n) is 4.01. The highest BCUT2D eigenvalue weighted by Gasteiger charge is 2.16. The number of anilines is 1. The van der Waals surface area contributed by atoms with Gasteiger partial charge in [-0.1, -0.05) is 12.1 Å². The zero-order valence-corrected chi connectivity index (χ0v) is 20.2. The third-order valence-corrected chi connectivity index (χ3v) is 6.04. The highest BCUT2D eigenvalue weighted by Crippen LogP contribution is 2.35. The van der Waals surface area contributed by atoms with Crippen LogP contribution in [0.1, 0.15) is 54.3 Å². The molecule has 4 heteroatoms. The Morgan fingerprint density at radius 3 is 2.12 bits per heavy atom. The van der Waals surface area contributed by atoms with Crippen LogP contribution < -0.4 is 10.6 Å². The van der Waals surface area contributed by atoms with Crippen LogP contribution in [0.3, 0.4) is 0 Å². The van der Waals surface area contributed by atoms with Gasteiger partial charge in [-0.15, -0.1) is 0 Å². The van der Waals surface area contributed by atoms with Gasteiger partial charge in [-0.25, -0.2) is 0 Å². The van der Waals surface area contributed by atoms with Crippen molar-refractivity contribution >= 4 is 17.7 Å². The van der Waals surface area contributed by atoms with Crippen molar-refractivity contribution in [1.82, 2.24) is 5.32 Å². The van der Waals surface area contributed by atoms with Crippen LogP contribution in [0.15, 0.2) is 52.7 Å². The summed E-state index contributed by atoms with van der Waals surface area (Å²) in [7, 11) is 0. The Kier molecular flexibility index (Phi) is 7.24. The summed E-state index contributed by atoms with van der Waals surface area (Å²) in [6.45, 7) is 15.1. The maximum Gasteiger partial charge on any atom is 0.247 e. The molecule has 2 aromatic carbocycles. The number of nitrogens with one attached hydrogen (secondary N) is 2. The smallest absolute Gasteiger partial charge is 0.247 e. The summed E-state index contributed by atoms with van der Waals surface area (Å²) in [5.41, 5.74) is 10.3. The molecule has 0 aliphatic heterocycles. The molecule has 0 aliphatic carbocycles. The fraction of sp³-hybridized carbons (Fsp3) is 0.321. The Morgan fingerprint density at radius 1 is 0.969 bits per heavy atom. The van der Waals surface area contributed by atoms with Crippen LogP contribution in [0.4, 0.5) is 5.69 Å². The van der Waals surface area contributed by atoms with Gasteiger partial charge in [-0.3, -0.25) is 4.79 Å². The van der Waals surface area contributed by atoms with Gasteiger partial charge in [0, 0.05) is 17.3 Å². The van der Waals surface area contributed by atoms with Gasteiger partial charge in [0.05, 0.1) is 12.8 Å². The first-order valence-electron chi connectivity index (χ1n) is 11.1. The van der Waals surface area contributed by atoms with E-state index in [0.29, 0.717) is 6.54 Å². The van der Waals surface area contributed by atoms with Crippen LogP contribution in [0.5, 0.6) is 0 Å². The molecular weight excluding hydrogens is 396 g/mol. The summed E-state index contributed by atoms with van der Waals surface area (Å²) in [5.74, 6) is 0.892. The molecule has 1 aromatic heterocycles. The van der Waals surface area contributed by atoms with Gasteiger partial charge in [0.25, 0.3) is 0 Å². The molecule has 0 fully saturated rings. The van der Waals surface area contributed by atoms with E-state index in [1.54, 1.807) is 6.26 Å². The number of hydrogen-bond acceptors (Lipinski definition) is 3. The second-order valence-corrected chi connectivity index (χ2v) is 8.75. The average molecular weight is 431 g/mol. The maximum atomic E-state index is 12.4. The second kappa shape index (κ2) is 9.90. The number of furan rings is 1. The maximum absolute atomic E-state index is 12.4. The molecule has 0 bridgehead atoms. The Hall–Kier alpha value is -3.27. The zero-order chi connectivity index (χ0) is 23.4. The van der Waals surface area contributed by atoms with Crippen LogP contribution in [-0.2, 0) is 11.3 Å². The average Bonchev–Trinajstić information content (AvgIpc) is 3.28. The third-order valence-electron chi connectivity index (χ3n) is 6.04. The molecule has 32 heavy (non-hydrogen) atoms. The lowest BCUT2D eigenvalue weighted by atomic mass is 9.85. The molecule has 0 saturated carbocycles. The minimum absolute atomic E-state index is 0.0178. The van der Waals surface area contributed by atoms with E-state index in [4.69, 9.17) is 4.42 Å². The summed E-state index contributed by atoms with van der Waals surface area (Å²) in [6, 6.07) is 12.5. The Morgan fingerprint density at radius 2 is 1.59 bits per heavy atom. The third kappa shape index (κ3) is 5.13. The van der Waals surface area contributed by atoms with Crippen molar-refractivity contribution in [3.8, 4) is 11.1 Å². The summed E-state index contributed by atoms with van der Waals surface area (Å²) in [5, 5.41) is 6.37. The molecule has 1 amide bonds. The molecule has 0 saturated heterocycles. The Bertz CT molecular complexity index is 1090. The van der Waals surface area contributed by atoms with E-state index in [1.165, 1.54) is 33.4 Å². The highest BCUT2D eigenvalue weighted by molar-refractivity contribution is 5.98. The summed E-state index contributed by atoms with van der Waals surface area (Å²) in [4.78, 5) is 12.4. The Labute approximate surface area is 191 Å². The zero-order valence-electron chi connectivity index (χ0n) is 20.2. The van der Waals surface area contributed by atoms with E-state index in [-0.39, 0.29) is 11.9 Å². The lowest BCUT2D eigenvalue weighted by Gasteiger charge is -2.20. The van der Waals surface area contributed by atoms with Crippen molar-refractivity contribution in [3.05, 3.63) is 81.8 Å². The number of rotatable bonds is 7. The molecule has 2 N–H and O–H groups in total. The molecular formula is C28H34N2O2. The van der Waals surface area contributed by atoms with Crippen LogP contribution in [0.25, 0.3) is 17.2 Å². The first kappa shape index (κ1) is 23.4. The Balaban J connectivity index is 1.91. The number of benzene rings is 2. The normalized spacial score (nSPS) is 11.7. The monoisotopic (exact) mass is 430 g/mol. The van der Waals surface area contributed by atoms with Crippen molar-refractivity contribution in [2.75, 3.05) is 5.32 Å². The van der Waals surface area contributed by atoms with Gasteiger partial charge in [0.1, 0.15) is 5.76 Å². The highest BCUT2D eigenvalue weighted by atomic mass is 16.3. The summed E-state index contributed by atoms with van der Waals surface area (Å²) < 4.78 is 5.39. The standard InChI is InChI=1S/C28H34N2O2/c1-17(2)30-28(31)18(3)15-26-19(4)21(6)27(22(7)20(26)5)23-10-12-24(13-11-23)29-16-25-9-8-14-32-25/h8-15,17,29H,16H2,1-7H3,(H,30,31). The lowest BCUT2D eigenvalue weighted by molar-refractivity contribution is -0.117. The van der Waals surface area contributed by atoms with Crippen LogP contribution in [-0.4, -0.2) is 11.9 Å². The van der Waals surface area contributed by atoms with Gasteiger partial charge >= 0.3 is 0 Å². The predicted molar refractivity (Wildman–Crippen MR) is 134 cm³/mol. The SMILES string of the molecule is CC(=Cc1c(C)c(C)c(-c2ccc(NCc3ccco3)cc2)c(C)c1C)C(=O)NC(C)C. The predicted octanol–water partition coefficient (Wildman–Crippen LogP) is 6.72. The quantitative estimate of drug-likeness (QED) is 0.409. The number of amides is 1. The van der Waals surface area contributed by atoms with Gasteiger partial charge in [0.2, 0.25) is 5.91 Å². The summed E-state index contributed by atoms with van der Waals surface area (Å²) >= 11 is 0. The minimum Gasteiger partial charge on any atom is -0.467 e. The number of carbonyl (C=O) groups excluding carboxylic acids is 1. The molecule has 0 unspecified atom stereocenters. The van der Waals surface area contributed by atoms with Crippen molar-refractivity contribution in [3.63, 3.8) is 0 Å². The van der Waals surface area contributed by atoms with Gasteiger partial charge in [-0.2, -0.15) is 0 Å². The second-order valence-electron chi connectivity index (χ2n) is 8.75. The molecule has 0 radical (unpaired) electrons. The molecule has 3 rings (SSSR count). The van der Waals surface area contributed by atoms with E-state index in [0.717, 1.165) is 22.6 Å². The largest absolute Gasteiger partial charge is 0.467 e. The first-order chi connectivity index (χ1) is 15.2. The van der Waals surface area contributed by atoms with E-state index in [9.17, 15) is 4.79 Å². The fourth-order valence-corrected chi connectivity index (χ4v) is 4.01. The molecule has 1 heterocycles. The molecule has 3 aromatic rings. The van der Waals surface area contributed by atoms with Gasteiger partial charge in [0.15, 0.2) is 0 Å². The van der Waals surface area contributed by atoms with Crippen LogP contribution >= 0.6 is 0 Å². The van der Waals surface area contributed by atoms with E-state index >= 15 is 0 Å². The van der Waals surface area contributed by atoms with Crippen molar-refractivity contribution in [1.29, 1.82) is 0 Å². The lowest BCUT2D eigenvalue weighted by Crippen LogP contribution is -2.30. The van der Waals surface area contributed by atoms with Crippen LogP contribution in [0, 0.1) is 27.7 Å². The topological polar surface area (TPSA) is 54.3 Å². The molecule has 0 spiro atoms. The van der Waals surface area contributed by atoms with Crippen molar-refractivity contribution < 1.29 is 9.21 Å². The number of hydrogen-bond donors (Lipinski definition) is 2. The van der Waals surface area contributed by atoms with Crippen molar-refractivity contribution in [2.45, 2.75) is 61.1 Å². The van der Waals surface area contributed by atoms with E-state index < -0.39 is 0 Å². The van der Waals surface area contributed by atoms with Gasteiger partial charge < -0.3 is 15.1 Å². The summed E-state index contributed by atoms with van der Waals surface area (Å²) in [6.07, 6.45) is 3.71. The van der Waals surface area contributed by atoms with Crippen LogP contribution in [0.2, 0.25) is 0 Å². The van der Waals surface area contributed by atoms with E-state index in [1.807, 2.05) is 39.0 Å². The number of carbonyl (C=O) groups is 1.